The Morgan fingerprint density at radius 2 is 1.04 bits per heavy atom. The van der Waals surface area contributed by atoms with Crippen LogP contribution in [-0.4, -0.2) is 6.36 Å². The van der Waals surface area contributed by atoms with Crippen LogP contribution in [0.25, 0.3) is 33.4 Å². The molecular formula is C37H26F10O2. The van der Waals surface area contributed by atoms with Crippen molar-refractivity contribution in [1.29, 1.82) is 0 Å². The van der Waals surface area contributed by atoms with Gasteiger partial charge in [-0.2, -0.15) is 8.78 Å². The van der Waals surface area contributed by atoms with E-state index in [9.17, 15) is 30.7 Å². The van der Waals surface area contributed by atoms with Gasteiger partial charge in [-0.25, -0.2) is 22.0 Å². The van der Waals surface area contributed by atoms with E-state index in [0.717, 1.165) is 61.7 Å². The molecule has 0 saturated carbocycles. The molecule has 0 aromatic heterocycles. The summed E-state index contributed by atoms with van der Waals surface area (Å²) in [6.45, 7) is 2.00. The van der Waals surface area contributed by atoms with Crippen LogP contribution in [0.3, 0.4) is 0 Å². The van der Waals surface area contributed by atoms with Gasteiger partial charge in [-0.1, -0.05) is 56.2 Å². The number of aryl methyl sites for hydroxylation is 1. The molecule has 5 rings (SSSR count). The first-order valence-electron chi connectivity index (χ1n) is 15.0. The predicted molar refractivity (Wildman–Crippen MR) is 163 cm³/mol. The Hall–Kier alpha value is -5.00. The van der Waals surface area contributed by atoms with Crippen molar-refractivity contribution in [3.8, 4) is 44.9 Å². The van der Waals surface area contributed by atoms with Gasteiger partial charge in [0.25, 0.3) is 0 Å². The number of alkyl halides is 5. The van der Waals surface area contributed by atoms with Crippen LogP contribution >= 0.6 is 0 Å². The minimum atomic E-state index is -5.13. The molecule has 0 unspecified atom stereocenters. The van der Waals surface area contributed by atoms with Gasteiger partial charge in [0.15, 0.2) is 11.6 Å². The second-order valence-electron chi connectivity index (χ2n) is 11.1. The zero-order chi connectivity index (χ0) is 35.5. The number of unbranched alkanes of at least 4 members (excludes halogenated alkanes) is 2. The second-order valence-corrected chi connectivity index (χ2v) is 11.1. The number of hydrogen-bond acceptors (Lipinski definition) is 2. The van der Waals surface area contributed by atoms with Gasteiger partial charge in [0.1, 0.15) is 29.0 Å². The minimum absolute atomic E-state index is 0.00972. The van der Waals surface area contributed by atoms with Crippen LogP contribution in [0.2, 0.25) is 0 Å². The molecule has 12 heteroatoms. The zero-order valence-corrected chi connectivity index (χ0v) is 25.6. The molecule has 49 heavy (non-hydrogen) atoms. The summed E-state index contributed by atoms with van der Waals surface area (Å²) >= 11 is 0. The molecule has 0 atom stereocenters. The molecule has 0 heterocycles. The Bertz CT molecular complexity index is 1970. The summed E-state index contributed by atoms with van der Waals surface area (Å²) in [5.41, 5.74) is -0.975. The van der Waals surface area contributed by atoms with Gasteiger partial charge in [0, 0.05) is 22.8 Å². The van der Waals surface area contributed by atoms with Crippen LogP contribution in [0.1, 0.15) is 37.3 Å². The van der Waals surface area contributed by atoms with E-state index < -0.39 is 58.6 Å². The molecule has 0 radical (unpaired) electrons. The molecule has 0 saturated heterocycles. The van der Waals surface area contributed by atoms with Crippen LogP contribution in [0.4, 0.5) is 43.9 Å². The SMILES string of the molecule is CCCCCc1ccc(C(F)(F)Oc2ccc(-c3ccc(-c4ccc(-c5ccc(OC(F)(F)F)c(F)c5)c(F)c4)c(F)c3)c(F)c2)c(F)c1. The van der Waals surface area contributed by atoms with E-state index in [1.165, 1.54) is 30.3 Å². The Morgan fingerprint density at radius 3 is 1.53 bits per heavy atom. The Kier molecular flexibility index (Phi) is 10.3. The molecule has 2 nitrogen and oxygen atoms in total. The van der Waals surface area contributed by atoms with Gasteiger partial charge in [0.2, 0.25) is 0 Å². The Morgan fingerprint density at radius 1 is 0.510 bits per heavy atom. The summed E-state index contributed by atoms with van der Waals surface area (Å²) in [6.07, 6.45) is -6.09. The number of rotatable bonds is 11. The summed E-state index contributed by atoms with van der Waals surface area (Å²) in [5.74, 6) is -7.12. The van der Waals surface area contributed by atoms with Gasteiger partial charge in [-0.15, -0.1) is 13.2 Å². The molecule has 0 amide bonds. The lowest BCUT2D eigenvalue weighted by Crippen LogP contribution is -2.23. The molecule has 0 spiro atoms. The maximum absolute atomic E-state index is 15.2. The lowest BCUT2D eigenvalue weighted by atomic mass is 9.97. The van der Waals surface area contributed by atoms with Crippen molar-refractivity contribution < 1.29 is 53.4 Å². The monoisotopic (exact) mass is 692 g/mol. The minimum Gasteiger partial charge on any atom is -0.429 e. The molecule has 256 valence electrons. The molecule has 0 aliphatic rings. The highest BCUT2D eigenvalue weighted by Gasteiger charge is 2.38. The first-order valence-corrected chi connectivity index (χ1v) is 15.0. The summed E-state index contributed by atoms with van der Waals surface area (Å²) in [6, 6.07) is 15.4. The van der Waals surface area contributed by atoms with E-state index in [1.54, 1.807) is 0 Å². The van der Waals surface area contributed by atoms with E-state index in [0.29, 0.717) is 30.2 Å². The molecule has 0 fully saturated rings. The molecule has 5 aromatic rings. The van der Waals surface area contributed by atoms with E-state index in [1.807, 2.05) is 6.92 Å². The molecule has 0 bridgehead atoms. The average molecular weight is 693 g/mol. The van der Waals surface area contributed by atoms with Crippen LogP contribution < -0.4 is 9.47 Å². The maximum atomic E-state index is 15.2. The van der Waals surface area contributed by atoms with Crippen molar-refractivity contribution in [3.63, 3.8) is 0 Å². The van der Waals surface area contributed by atoms with Crippen LogP contribution in [0, 0.1) is 29.1 Å². The van der Waals surface area contributed by atoms with E-state index in [-0.39, 0.29) is 33.4 Å². The number of halogens is 10. The Labute approximate surface area is 274 Å². The van der Waals surface area contributed by atoms with Crippen LogP contribution in [0.5, 0.6) is 11.5 Å². The molecule has 0 aliphatic heterocycles. The number of hydrogen-bond donors (Lipinski definition) is 0. The van der Waals surface area contributed by atoms with Crippen LogP contribution in [-0.2, 0) is 12.5 Å². The van der Waals surface area contributed by atoms with Gasteiger partial charge in [-0.05, 0) is 83.6 Å². The standard InChI is InChI=1S/C37H26F10O2/c1-2-3-4-5-21-6-14-29(33(41)16-21)36(43,44)48-25-10-13-28(32(40)20-25)23-8-11-26(30(38)18-23)22-7-12-27(31(39)17-22)24-9-15-35(34(42)19-24)49-37(45,46)47/h6-20H,2-5H2,1H3. The van der Waals surface area contributed by atoms with Crippen molar-refractivity contribution in [3.05, 3.63) is 131 Å². The lowest BCUT2D eigenvalue weighted by molar-refractivity contribution is -0.275. The Balaban J connectivity index is 1.32. The van der Waals surface area contributed by atoms with Crippen molar-refractivity contribution >= 4 is 0 Å². The third-order valence-corrected chi connectivity index (χ3v) is 7.63. The molecule has 0 N–H and O–H groups in total. The third kappa shape index (κ3) is 8.36. The quantitative estimate of drug-likeness (QED) is 0.101. The topological polar surface area (TPSA) is 18.5 Å². The highest BCUT2D eigenvalue weighted by atomic mass is 19.4. The van der Waals surface area contributed by atoms with Gasteiger partial charge in [0.05, 0.1) is 5.56 Å². The first kappa shape index (κ1) is 35.3. The fourth-order valence-electron chi connectivity index (χ4n) is 5.24. The first-order chi connectivity index (χ1) is 23.1. The third-order valence-electron chi connectivity index (χ3n) is 7.63. The number of benzene rings is 5. The maximum Gasteiger partial charge on any atom is 0.573 e. The number of ether oxygens (including phenoxy) is 2. The summed E-state index contributed by atoms with van der Waals surface area (Å²) in [5, 5.41) is 0. The smallest absolute Gasteiger partial charge is 0.429 e. The fraction of sp³-hybridized carbons (Fsp3) is 0.189. The van der Waals surface area contributed by atoms with E-state index in [4.69, 9.17) is 0 Å². The van der Waals surface area contributed by atoms with Crippen molar-refractivity contribution in [1.82, 2.24) is 0 Å². The second kappa shape index (κ2) is 14.2. The molecule has 5 aromatic carbocycles. The molecular weight excluding hydrogens is 666 g/mol. The summed E-state index contributed by atoms with van der Waals surface area (Å²) in [7, 11) is 0. The summed E-state index contributed by atoms with van der Waals surface area (Å²) < 4.78 is 149. The highest BCUT2D eigenvalue weighted by molar-refractivity contribution is 5.74. The predicted octanol–water partition coefficient (Wildman–Crippen LogP) is 12.1. The molecule has 0 aliphatic carbocycles. The van der Waals surface area contributed by atoms with Crippen molar-refractivity contribution in [2.75, 3.05) is 0 Å². The van der Waals surface area contributed by atoms with E-state index in [2.05, 4.69) is 9.47 Å². The average Bonchev–Trinajstić information content (AvgIpc) is 3.01. The lowest BCUT2D eigenvalue weighted by Gasteiger charge is -2.20. The highest BCUT2D eigenvalue weighted by Crippen LogP contribution is 2.37. The fourth-order valence-corrected chi connectivity index (χ4v) is 5.24. The van der Waals surface area contributed by atoms with Gasteiger partial charge < -0.3 is 9.47 Å². The largest absolute Gasteiger partial charge is 0.573 e. The summed E-state index contributed by atoms with van der Waals surface area (Å²) in [4.78, 5) is 0. The zero-order valence-electron chi connectivity index (χ0n) is 25.6. The van der Waals surface area contributed by atoms with Gasteiger partial charge >= 0.3 is 12.5 Å². The van der Waals surface area contributed by atoms with Gasteiger partial charge in [-0.3, -0.25) is 0 Å². The van der Waals surface area contributed by atoms with Crippen molar-refractivity contribution in [2.24, 2.45) is 0 Å². The van der Waals surface area contributed by atoms with Crippen molar-refractivity contribution in [2.45, 2.75) is 45.1 Å². The van der Waals surface area contributed by atoms with Crippen LogP contribution in [0.15, 0.2) is 91.0 Å². The normalized spacial score (nSPS) is 11.9. The van der Waals surface area contributed by atoms with E-state index >= 15 is 13.2 Å².